The number of ether oxygens (including phenoxy) is 1. The number of rotatable bonds is 6. The van der Waals surface area contributed by atoms with Crippen LogP contribution in [0.5, 0.6) is 5.75 Å². The summed E-state index contributed by atoms with van der Waals surface area (Å²) in [6, 6.07) is 5.95. The average Bonchev–Trinajstić information content (AvgIpc) is 2.37. The molecule has 4 heteroatoms. The molecule has 1 aromatic carbocycles. The molecule has 18 heavy (non-hydrogen) atoms. The van der Waals surface area contributed by atoms with E-state index in [1.165, 1.54) is 0 Å². The predicted octanol–water partition coefficient (Wildman–Crippen LogP) is 1.48. The molecule has 100 valence electrons. The highest BCUT2D eigenvalue weighted by molar-refractivity contribution is 5.78. The van der Waals surface area contributed by atoms with Crippen LogP contribution in [0.2, 0.25) is 0 Å². The number of carbonyl (C=O) groups excluding carboxylic acids is 1. The van der Waals surface area contributed by atoms with Gasteiger partial charge in [0.25, 0.3) is 0 Å². The third-order valence-corrected chi connectivity index (χ3v) is 2.90. The summed E-state index contributed by atoms with van der Waals surface area (Å²) in [4.78, 5) is 11.7. The smallest absolute Gasteiger partial charge is 0.224 e. The Labute approximate surface area is 109 Å². The van der Waals surface area contributed by atoms with Crippen molar-refractivity contribution in [3.05, 3.63) is 29.3 Å². The molecule has 0 aromatic heterocycles. The van der Waals surface area contributed by atoms with Crippen molar-refractivity contribution in [2.45, 2.75) is 20.4 Å². The molecule has 0 aliphatic carbocycles. The maximum atomic E-state index is 11.7. The lowest BCUT2D eigenvalue weighted by molar-refractivity contribution is -0.124. The quantitative estimate of drug-likeness (QED) is 0.804. The number of carbonyl (C=O) groups is 1. The van der Waals surface area contributed by atoms with Crippen LogP contribution in [0.3, 0.4) is 0 Å². The summed E-state index contributed by atoms with van der Waals surface area (Å²) in [5, 5.41) is 5.91. The molecule has 1 amide bonds. The second-order valence-electron chi connectivity index (χ2n) is 4.48. The minimum Gasteiger partial charge on any atom is -0.496 e. The molecule has 0 bridgehead atoms. The molecule has 1 unspecified atom stereocenters. The zero-order valence-electron chi connectivity index (χ0n) is 11.5. The summed E-state index contributed by atoms with van der Waals surface area (Å²) in [7, 11) is 3.49. The van der Waals surface area contributed by atoms with Gasteiger partial charge in [-0.25, -0.2) is 0 Å². The van der Waals surface area contributed by atoms with Gasteiger partial charge in [0.05, 0.1) is 7.11 Å². The maximum Gasteiger partial charge on any atom is 0.224 e. The van der Waals surface area contributed by atoms with E-state index in [0.29, 0.717) is 13.1 Å². The summed E-state index contributed by atoms with van der Waals surface area (Å²) < 4.78 is 5.26. The topological polar surface area (TPSA) is 50.4 Å². The van der Waals surface area contributed by atoms with Crippen molar-refractivity contribution in [1.82, 2.24) is 10.6 Å². The standard InChI is InChI=1S/C14H22N2O2/c1-10-5-6-12(7-13(10)18-4)9-16-14(17)11(2)8-15-3/h5-7,11,15H,8-9H2,1-4H3,(H,16,17). The van der Waals surface area contributed by atoms with Gasteiger partial charge in [-0.3, -0.25) is 4.79 Å². The first-order chi connectivity index (χ1) is 8.58. The lowest BCUT2D eigenvalue weighted by Crippen LogP contribution is -2.33. The van der Waals surface area contributed by atoms with E-state index >= 15 is 0 Å². The van der Waals surface area contributed by atoms with Gasteiger partial charge in [0.15, 0.2) is 0 Å². The number of aryl methyl sites for hydroxylation is 1. The number of nitrogens with one attached hydrogen (secondary N) is 2. The minimum atomic E-state index is -0.0256. The Balaban J connectivity index is 2.55. The fourth-order valence-corrected chi connectivity index (χ4v) is 1.74. The van der Waals surface area contributed by atoms with Gasteiger partial charge in [-0.05, 0) is 31.2 Å². The highest BCUT2D eigenvalue weighted by atomic mass is 16.5. The van der Waals surface area contributed by atoms with E-state index in [-0.39, 0.29) is 11.8 Å². The Bertz CT molecular complexity index is 405. The largest absolute Gasteiger partial charge is 0.496 e. The van der Waals surface area contributed by atoms with Gasteiger partial charge in [0.2, 0.25) is 5.91 Å². The molecule has 1 aromatic rings. The van der Waals surface area contributed by atoms with Gasteiger partial charge < -0.3 is 15.4 Å². The molecule has 0 aliphatic heterocycles. The molecular weight excluding hydrogens is 228 g/mol. The Morgan fingerprint density at radius 1 is 1.44 bits per heavy atom. The Morgan fingerprint density at radius 2 is 2.17 bits per heavy atom. The molecule has 0 fully saturated rings. The van der Waals surface area contributed by atoms with Crippen LogP contribution in [0, 0.1) is 12.8 Å². The van der Waals surface area contributed by atoms with Crippen LogP contribution < -0.4 is 15.4 Å². The van der Waals surface area contributed by atoms with E-state index in [2.05, 4.69) is 10.6 Å². The van der Waals surface area contributed by atoms with E-state index in [4.69, 9.17) is 4.74 Å². The maximum absolute atomic E-state index is 11.7. The summed E-state index contributed by atoms with van der Waals surface area (Å²) in [6.45, 7) is 5.12. The number of hydrogen-bond donors (Lipinski definition) is 2. The van der Waals surface area contributed by atoms with Crippen molar-refractivity contribution in [1.29, 1.82) is 0 Å². The van der Waals surface area contributed by atoms with Crippen LogP contribution in [-0.4, -0.2) is 26.6 Å². The molecule has 0 radical (unpaired) electrons. The van der Waals surface area contributed by atoms with E-state index in [9.17, 15) is 4.79 Å². The van der Waals surface area contributed by atoms with Gasteiger partial charge in [-0.1, -0.05) is 19.1 Å². The van der Waals surface area contributed by atoms with Crippen LogP contribution in [0.1, 0.15) is 18.1 Å². The van der Waals surface area contributed by atoms with Crippen molar-refractivity contribution in [2.75, 3.05) is 20.7 Å². The third-order valence-electron chi connectivity index (χ3n) is 2.90. The molecule has 1 atom stereocenters. The number of benzene rings is 1. The number of amides is 1. The van der Waals surface area contributed by atoms with Crippen LogP contribution in [0.25, 0.3) is 0 Å². The molecule has 2 N–H and O–H groups in total. The second kappa shape index (κ2) is 7.01. The summed E-state index contributed by atoms with van der Waals surface area (Å²) in [6.07, 6.45) is 0. The van der Waals surface area contributed by atoms with E-state index in [0.717, 1.165) is 16.9 Å². The number of methoxy groups -OCH3 is 1. The zero-order valence-corrected chi connectivity index (χ0v) is 11.5. The first kappa shape index (κ1) is 14.5. The molecule has 0 spiro atoms. The molecule has 0 heterocycles. The molecular formula is C14H22N2O2. The minimum absolute atomic E-state index is 0.0256. The fourth-order valence-electron chi connectivity index (χ4n) is 1.74. The summed E-state index contributed by atoms with van der Waals surface area (Å²) >= 11 is 0. The Morgan fingerprint density at radius 3 is 2.78 bits per heavy atom. The predicted molar refractivity (Wildman–Crippen MR) is 72.7 cm³/mol. The van der Waals surface area contributed by atoms with Crippen molar-refractivity contribution >= 4 is 5.91 Å². The Hall–Kier alpha value is -1.55. The third kappa shape index (κ3) is 4.04. The van der Waals surface area contributed by atoms with E-state index in [1.807, 2.05) is 39.1 Å². The van der Waals surface area contributed by atoms with Crippen molar-refractivity contribution in [3.63, 3.8) is 0 Å². The van der Waals surface area contributed by atoms with Crippen LogP contribution in [0.15, 0.2) is 18.2 Å². The van der Waals surface area contributed by atoms with Crippen LogP contribution >= 0.6 is 0 Å². The van der Waals surface area contributed by atoms with Gasteiger partial charge in [-0.2, -0.15) is 0 Å². The SMILES string of the molecule is CNCC(C)C(=O)NCc1ccc(C)c(OC)c1. The Kier molecular flexibility index (Phi) is 5.65. The lowest BCUT2D eigenvalue weighted by atomic mass is 10.1. The van der Waals surface area contributed by atoms with Crippen molar-refractivity contribution in [3.8, 4) is 5.75 Å². The monoisotopic (exact) mass is 250 g/mol. The van der Waals surface area contributed by atoms with E-state index in [1.54, 1.807) is 7.11 Å². The molecule has 0 saturated heterocycles. The van der Waals surface area contributed by atoms with Gasteiger partial charge in [-0.15, -0.1) is 0 Å². The fraction of sp³-hybridized carbons (Fsp3) is 0.500. The van der Waals surface area contributed by atoms with Gasteiger partial charge in [0, 0.05) is 19.0 Å². The first-order valence-electron chi connectivity index (χ1n) is 6.14. The highest BCUT2D eigenvalue weighted by Crippen LogP contribution is 2.18. The second-order valence-corrected chi connectivity index (χ2v) is 4.48. The van der Waals surface area contributed by atoms with E-state index < -0.39 is 0 Å². The first-order valence-corrected chi connectivity index (χ1v) is 6.14. The molecule has 1 rings (SSSR count). The molecule has 0 saturated carbocycles. The normalized spacial score (nSPS) is 12.0. The van der Waals surface area contributed by atoms with Crippen molar-refractivity contribution in [2.24, 2.45) is 5.92 Å². The molecule has 4 nitrogen and oxygen atoms in total. The van der Waals surface area contributed by atoms with Crippen molar-refractivity contribution < 1.29 is 9.53 Å². The zero-order chi connectivity index (χ0) is 13.5. The highest BCUT2D eigenvalue weighted by Gasteiger charge is 2.11. The summed E-state index contributed by atoms with van der Waals surface area (Å²) in [5.41, 5.74) is 2.14. The van der Waals surface area contributed by atoms with Gasteiger partial charge in [0.1, 0.15) is 5.75 Å². The molecule has 0 aliphatic rings. The summed E-state index contributed by atoms with van der Waals surface area (Å²) in [5.74, 6) is 0.885. The number of hydrogen-bond acceptors (Lipinski definition) is 3. The van der Waals surface area contributed by atoms with Gasteiger partial charge >= 0.3 is 0 Å². The average molecular weight is 250 g/mol. The van der Waals surface area contributed by atoms with Crippen LogP contribution in [-0.2, 0) is 11.3 Å². The van der Waals surface area contributed by atoms with Crippen LogP contribution in [0.4, 0.5) is 0 Å². The lowest BCUT2D eigenvalue weighted by Gasteiger charge is -2.12.